The normalized spacial score (nSPS) is 15.1. The lowest BCUT2D eigenvalue weighted by Gasteiger charge is -2.27. The summed E-state index contributed by atoms with van der Waals surface area (Å²) >= 11 is 0. The summed E-state index contributed by atoms with van der Waals surface area (Å²) in [5.41, 5.74) is 4.69. The van der Waals surface area contributed by atoms with Crippen LogP contribution in [0.2, 0.25) is 0 Å². The molecule has 0 N–H and O–H groups in total. The topological polar surface area (TPSA) is 72.1 Å². The maximum Gasteiger partial charge on any atom is 0.156 e. The van der Waals surface area contributed by atoms with E-state index in [0.717, 1.165) is 42.8 Å². The molecule has 4 aromatic rings. The van der Waals surface area contributed by atoms with Crippen molar-refractivity contribution >= 4 is 41.5 Å². The van der Waals surface area contributed by atoms with Crippen LogP contribution in [0.4, 0.5) is 4.39 Å². The number of nitrogens with zero attached hydrogens (tertiary/aromatic N) is 7. The number of aryl methyl sites for hydroxylation is 2. The molecule has 3 aromatic heterocycles. The van der Waals surface area contributed by atoms with Crippen molar-refractivity contribution in [2.75, 3.05) is 20.1 Å². The highest BCUT2D eigenvalue weighted by Gasteiger charge is 2.22. The van der Waals surface area contributed by atoms with Crippen molar-refractivity contribution in [3.8, 4) is 11.3 Å². The number of rotatable bonds is 2. The zero-order valence-electron chi connectivity index (χ0n) is 17.5. The predicted molar refractivity (Wildman–Crippen MR) is 123 cm³/mol. The Labute approximate surface area is 191 Å². The van der Waals surface area contributed by atoms with E-state index in [-0.39, 0.29) is 36.2 Å². The molecule has 0 saturated carbocycles. The van der Waals surface area contributed by atoms with Crippen molar-refractivity contribution in [2.45, 2.75) is 32.6 Å². The molecule has 0 radical (unpaired) electrons. The van der Waals surface area contributed by atoms with Crippen LogP contribution in [0.1, 0.15) is 35.8 Å². The van der Waals surface area contributed by atoms with Crippen molar-refractivity contribution in [2.24, 2.45) is 0 Å². The van der Waals surface area contributed by atoms with Gasteiger partial charge in [-0.25, -0.2) is 18.9 Å². The van der Waals surface area contributed by atoms with Crippen LogP contribution in [0, 0.1) is 19.7 Å². The Morgan fingerprint density at radius 3 is 2.48 bits per heavy atom. The van der Waals surface area contributed by atoms with Gasteiger partial charge < -0.3 is 4.90 Å². The number of piperidine rings is 1. The van der Waals surface area contributed by atoms with E-state index in [0.29, 0.717) is 22.6 Å². The standard InChI is InChI=1S/C21H22FN7.2ClH/c1-12-8-17(27-29-11-13(2)23-21(12)29)15-9-16(22)19-18(10-15)25-26-20(24-19)14-4-6-28(3)7-5-14;;/h8-11,14H,4-7H2,1-3H3;2*1H. The first-order valence-corrected chi connectivity index (χ1v) is 9.84. The Morgan fingerprint density at radius 1 is 1.00 bits per heavy atom. The number of benzene rings is 1. The molecule has 0 bridgehead atoms. The molecule has 5 rings (SSSR count). The van der Waals surface area contributed by atoms with E-state index < -0.39 is 5.82 Å². The first-order valence-electron chi connectivity index (χ1n) is 9.84. The quantitative estimate of drug-likeness (QED) is 0.444. The van der Waals surface area contributed by atoms with Crippen LogP contribution in [0.15, 0.2) is 24.4 Å². The van der Waals surface area contributed by atoms with E-state index >= 15 is 0 Å². The van der Waals surface area contributed by atoms with Gasteiger partial charge >= 0.3 is 0 Å². The highest BCUT2D eigenvalue weighted by molar-refractivity contribution is 5.85. The molecule has 1 fully saturated rings. The van der Waals surface area contributed by atoms with E-state index in [1.807, 2.05) is 26.1 Å². The Morgan fingerprint density at radius 2 is 1.74 bits per heavy atom. The maximum atomic E-state index is 15.0. The predicted octanol–water partition coefficient (Wildman–Crippen LogP) is 4.14. The molecule has 0 amide bonds. The van der Waals surface area contributed by atoms with Gasteiger partial charge in [0.15, 0.2) is 17.3 Å². The molecule has 0 aliphatic carbocycles. The van der Waals surface area contributed by atoms with E-state index in [1.165, 1.54) is 6.07 Å². The molecule has 7 nitrogen and oxygen atoms in total. The summed E-state index contributed by atoms with van der Waals surface area (Å²) < 4.78 is 16.7. The molecule has 31 heavy (non-hydrogen) atoms. The minimum atomic E-state index is -0.400. The van der Waals surface area contributed by atoms with Gasteiger partial charge in [0, 0.05) is 11.5 Å². The van der Waals surface area contributed by atoms with Crippen molar-refractivity contribution in [1.29, 1.82) is 0 Å². The number of imidazole rings is 1. The van der Waals surface area contributed by atoms with Crippen LogP contribution in [0.3, 0.4) is 0 Å². The lowest BCUT2D eigenvalue weighted by atomic mass is 9.96. The number of aromatic nitrogens is 6. The summed E-state index contributed by atoms with van der Waals surface area (Å²) in [5, 5.41) is 13.2. The molecule has 1 aromatic carbocycles. The van der Waals surface area contributed by atoms with E-state index in [2.05, 4.69) is 37.2 Å². The van der Waals surface area contributed by atoms with Crippen LogP contribution in [-0.4, -0.2) is 54.8 Å². The Balaban J connectivity index is 0.00000136. The summed E-state index contributed by atoms with van der Waals surface area (Å²) in [5.74, 6) is 0.475. The number of halogens is 3. The fourth-order valence-corrected chi connectivity index (χ4v) is 3.99. The molecular formula is C21H24Cl2FN7. The fourth-order valence-electron chi connectivity index (χ4n) is 3.99. The summed E-state index contributed by atoms with van der Waals surface area (Å²) in [4.78, 5) is 11.3. The minimum Gasteiger partial charge on any atom is -0.306 e. The number of hydrogen-bond acceptors (Lipinski definition) is 6. The zero-order valence-corrected chi connectivity index (χ0v) is 19.2. The van der Waals surface area contributed by atoms with Gasteiger partial charge in [0.2, 0.25) is 0 Å². The summed E-state index contributed by atoms with van der Waals surface area (Å²) in [7, 11) is 2.11. The molecule has 0 spiro atoms. The molecule has 4 heterocycles. The number of fused-ring (bicyclic) bond motifs is 2. The van der Waals surface area contributed by atoms with Gasteiger partial charge in [-0.05, 0) is 70.6 Å². The van der Waals surface area contributed by atoms with Crippen molar-refractivity contribution in [3.63, 3.8) is 0 Å². The average Bonchev–Trinajstić information content (AvgIpc) is 3.09. The van der Waals surface area contributed by atoms with Crippen molar-refractivity contribution in [1.82, 2.24) is 34.7 Å². The molecule has 0 unspecified atom stereocenters. The van der Waals surface area contributed by atoms with Crippen LogP contribution >= 0.6 is 24.8 Å². The first kappa shape index (κ1) is 23.2. The van der Waals surface area contributed by atoms with Gasteiger partial charge in [-0.15, -0.1) is 35.0 Å². The summed E-state index contributed by atoms with van der Waals surface area (Å²) in [6, 6.07) is 5.19. The molecule has 1 aliphatic rings. The van der Waals surface area contributed by atoms with Crippen molar-refractivity contribution in [3.05, 3.63) is 47.3 Å². The SMILES string of the molecule is Cc1cn2nc(-c3cc(F)c4nc(C5CCN(C)CC5)nnc4c3)cc(C)c2n1.Cl.Cl. The maximum absolute atomic E-state index is 15.0. The largest absolute Gasteiger partial charge is 0.306 e. The highest BCUT2D eigenvalue weighted by atomic mass is 35.5. The van der Waals surface area contributed by atoms with Crippen LogP contribution in [-0.2, 0) is 0 Å². The third-order valence-electron chi connectivity index (χ3n) is 5.64. The van der Waals surface area contributed by atoms with Crippen LogP contribution in [0.25, 0.3) is 27.9 Å². The smallest absolute Gasteiger partial charge is 0.156 e. The molecule has 164 valence electrons. The minimum absolute atomic E-state index is 0. The average molecular weight is 464 g/mol. The van der Waals surface area contributed by atoms with Gasteiger partial charge in [0.25, 0.3) is 0 Å². The second kappa shape index (κ2) is 8.98. The van der Waals surface area contributed by atoms with E-state index in [1.54, 1.807) is 10.6 Å². The van der Waals surface area contributed by atoms with Crippen molar-refractivity contribution < 1.29 is 4.39 Å². The molecular weight excluding hydrogens is 440 g/mol. The highest BCUT2D eigenvalue weighted by Crippen LogP contribution is 2.28. The number of likely N-dealkylation sites (tertiary alicyclic amines) is 1. The Hall–Kier alpha value is -2.42. The molecule has 0 atom stereocenters. The third kappa shape index (κ3) is 4.33. The van der Waals surface area contributed by atoms with Gasteiger partial charge in [-0.2, -0.15) is 5.10 Å². The van der Waals surface area contributed by atoms with E-state index in [9.17, 15) is 4.39 Å². The second-order valence-electron chi connectivity index (χ2n) is 7.94. The van der Waals surface area contributed by atoms with Crippen LogP contribution < -0.4 is 0 Å². The van der Waals surface area contributed by atoms with Gasteiger partial charge in [0.05, 0.1) is 17.6 Å². The summed E-state index contributed by atoms with van der Waals surface area (Å²) in [6.45, 7) is 5.88. The Kier molecular flexibility index (Phi) is 6.73. The Bertz CT molecular complexity index is 1240. The summed E-state index contributed by atoms with van der Waals surface area (Å²) in [6.07, 6.45) is 3.80. The molecule has 1 aliphatic heterocycles. The lowest BCUT2D eigenvalue weighted by Crippen LogP contribution is -2.30. The second-order valence-corrected chi connectivity index (χ2v) is 7.94. The number of hydrogen-bond donors (Lipinski definition) is 0. The fraction of sp³-hybridized carbons (Fsp3) is 0.381. The van der Waals surface area contributed by atoms with Gasteiger partial charge in [-0.1, -0.05) is 0 Å². The monoisotopic (exact) mass is 463 g/mol. The van der Waals surface area contributed by atoms with Gasteiger partial charge in [-0.3, -0.25) is 0 Å². The van der Waals surface area contributed by atoms with Crippen LogP contribution in [0.5, 0.6) is 0 Å². The first-order chi connectivity index (χ1) is 14.0. The molecule has 1 saturated heterocycles. The lowest BCUT2D eigenvalue weighted by molar-refractivity contribution is 0.250. The van der Waals surface area contributed by atoms with E-state index in [4.69, 9.17) is 0 Å². The molecule has 10 heteroatoms. The zero-order chi connectivity index (χ0) is 20.1. The third-order valence-corrected chi connectivity index (χ3v) is 5.64. The van der Waals surface area contributed by atoms with Gasteiger partial charge in [0.1, 0.15) is 11.0 Å².